The number of nitrogens with one attached hydrogen (secondary N) is 1. The normalized spacial score (nSPS) is 17.3. The van der Waals surface area contributed by atoms with Crippen LogP contribution >= 0.6 is 0 Å². The predicted octanol–water partition coefficient (Wildman–Crippen LogP) is 4.28. The van der Waals surface area contributed by atoms with Gasteiger partial charge in [-0.3, -0.25) is 0 Å². The minimum atomic E-state index is -4.47. The molecule has 154 valence electrons. The van der Waals surface area contributed by atoms with Crippen LogP contribution in [0.25, 0.3) is 0 Å². The third kappa shape index (κ3) is 6.47. The highest BCUT2D eigenvalue weighted by Gasteiger charge is 2.32. The summed E-state index contributed by atoms with van der Waals surface area (Å²) in [6.07, 6.45) is 1.64. The smallest absolute Gasteiger partial charge is 0.317 e. The van der Waals surface area contributed by atoms with Crippen molar-refractivity contribution in [3.05, 3.63) is 29.8 Å². The molecule has 4 nitrogen and oxygen atoms in total. The Morgan fingerprint density at radius 2 is 1.70 bits per heavy atom. The third-order valence-corrected chi connectivity index (χ3v) is 6.95. The molecule has 1 aliphatic heterocycles. The minimum absolute atomic E-state index is 0.0732. The Morgan fingerprint density at radius 3 is 2.26 bits per heavy atom. The Kier molecular flexibility index (Phi) is 8.12. The van der Waals surface area contributed by atoms with Crippen LogP contribution in [0.1, 0.15) is 51.0 Å². The lowest BCUT2D eigenvalue weighted by Gasteiger charge is -2.31. The molecule has 0 radical (unpaired) electrons. The zero-order valence-corrected chi connectivity index (χ0v) is 16.6. The van der Waals surface area contributed by atoms with E-state index in [1.165, 1.54) is 4.31 Å². The van der Waals surface area contributed by atoms with Gasteiger partial charge in [0.1, 0.15) is 0 Å². The van der Waals surface area contributed by atoms with Crippen LogP contribution in [0.2, 0.25) is 0 Å². The van der Waals surface area contributed by atoms with Crippen LogP contribution in [0, 0.1) is 5.92 Å². The minimum Gasteiger partial charge on any atom is -0.317 e. The summed E-state index contributed by atoms with van der Waals surface area (Å²) in [5, 5.41) is 3.37. The number of sulfonamides is 1. The van der Waals surface area contributed by atoms with Gasteiger partial charge in [0, 0.05) is 13.1 Å². The Balaban J connectivity index is 1.82. The van der Waals surface area contributed by atoms with E-state index in [1.54, 1.807) is 0 Å². The maximum atomic E-state index is 12.7. The molecular weight excluding hydrogens is 377 g/mol. The first-order chi connectivity index (χ1) is 12.7. The average Bonchev–Trinajstić information content (AvgIpc) is 2.64. The zero-order chi connectivity index (χ0) is 19.9. The van der Waals surface area contributed by atoms with Gasteiger partial charge >= 0.3 is 6.18 Å². The van der Waals surface area contributed by atoms with Gasteiger partial charge in [-0.15, -0.1) is 0 Å². The number of unbranched alkanes of at least 4 members (excludes halogenated alkanes) is 1. The number of hydrogen-bond donors (Lipinski definition) is 1. The molecule has 1 heterocycles. The van der Waals surface area contributed by atoms with E-state index in [9.17, 15) is 21.6 Å². The highest BCUT2D eigenvalue weighted by atomic mass is 32.2. The number of rotatable bonds is 9. The van der Waals surface area contributed by atoms with Crippen LogP contribution in [0.5, 0.6) is 0 Å². The molecule has 1 saturated heterocycles. The molecule has 0 atom stereocenters. The third-order valence-electron chi connectivity index (χ3n) is 5.04. The summed E-state index contributed by atoms with van der Waals surface area (Å²) < 4.78 is 64.6. The van der Waals surface area contributed by atoms with E-state index in [1.807, 2.05) is 0 Å². The van der Waals surface area contributed by atoms with Gasteiger partial charge in [0.2, 0.25) is 10.0 Å². The van der Waals surface area contributed by atoms with Crippen molar-refractivity contribution in [2.45, 2.75) is 56.5 Å². The van der Waals surface area contributed by atoms with Crippen LogP contribution in [0.15, 0.2) is 29.2 Å². The molecule has 1 aromatic carbocycles. The summed E-state index contributed by atoms with van der Waals surface area (Å²) in [5.41, 5.74) is -0.839. The molecule has 1 fully saturated rings. The molecule has 0 spiro atoms. The molecule has 0 aromatic heterocycles. The van der Waals surface area contributed by atoms with Crippen molar-refractivity contribution in [1.29, 1.82) is 0 Å². The van der Waals surface area contributed by atoms with Gasteiger partial charge in [0.25, 0.3) is 0 Å². The average molecular weight is 407 g/mol. The number of piperidine rings is 1. The molecule has 0 aliphatic carbocycles. The molecule has 1 N–H and O–H groups in total. The van der Waals surface area contributed by atoms with E-state index in [0.717, 1.165) is 75.9 Å². The van der Waals surface area contributed by atoms with E-state index < -0.39 is 21.8 Å². The molecule has 0 amide bonds. The molecule has 27 heavy (non-hydrogen) atoms. The summed E-state index contributed by atoms with van der Waals surface area (Å²) >= 11 is 0. The van der Waals surface area contributed by atoms with Gasteiger partial charge in [-0.1, -0.05) is 19.8 Å². The van der Waals surface area contributed by atoms with Crippen molar-refractivity contribution in [3.8, 4) is 0 Å². The summed E-state index contributed by atoms with van der Waals surface area (Å²) in [7, 11) is -3.73. The summed E-state index contributed by atoms with van der Waals surface area (Å²) in [6.45, 7) is 5.07. The summed E-state index contributed by atoms with van der Waals surface area (Å²) in [4.78, 5) is -0.0732. The molecule has 8 heteroatoms. The van der Waals surface area contributed by atoms with Crippen LogP contribution in [-0.2, 0) is 16.2 Å². The zero-order valence-electron chi connectivity index (χ0n) is 15.8. The first-order valence-electron chi connectivity index (χ1n) is 9.63. The lowest BCUT2D eigenvalue weighted by atomic mass is 9.92. The Hall–Kier alpha value is -1.12. The van der Waals surface area contributed by atoms with Crippen molar-refractivity contribution in [3.63, 3.8) is 0 Å². The predicted molar refractivity (Wildman–Crippen MR) is 99.9 cm³/mol. The summed E-state index contributed by atoms with van der Waals surface area (Å²) in [6, 6.07) is 3.75. The SMILES string of the molecule is CCCNCCCCC1CCN(S(=O)(=O)c2ccc(C(F)(F)F)cc2)CC1. The quantitative estimate of drug-likeness (QED) is 0.623. The van der Waals surface area contributed by atoms with Gasteiger partial charge in [-0.25, -0.2) is 8.42 Å². The standard InChI is InChI=1S/C19H29F3N2O2S/c1-2-12-23-13-4-3-5-16-10-14-24(15-11-16)27(25,26)18-8-6-17(7-9-18)19(20,21)22/h6-9,16,23H,2-5,10-15H2,1H3. The Morgan fingerprint density at radius 1 is 1.07 bits per heavy atom. The first-order valence-corrected chi connectivity index (χ1v) is 11.1. The van der Waals surface area contributed by atoms with Crippen LogP contribution in [-0.4, -0.2) is 38.9 Å². The van der Waals surface area contributed by atoms with Crippen molar-refractivity contribution in [2.24, 2.45) is 5.92 Å². The maximum Gasteiger partial charge on any atom is 0.416 e. The van der Waals surface area contributed by atoms with Crippen LogP contribution < -0.4 is 5.32 Å². The fraction of sp³-hybridized carbons (Fsp3) is 0.684. The van der Waals surface area contributed by atoms with E-state index >= 15 is 0 Å². The van der Waals surface area contributed by atoms with Gasteiger partial charge in [0.15, 0.2) is 0 Å². The first kappa shape index (κ1) is 22.2. The van der Waals surface area contributed by atoms with Crippen LogP contribution in [0.4, 0.5) is 13.2 Å². The van der Waals surface area contributed by atoms with Crippen LogP contribution in [0.3, 0.4) is 0 Å². The van der Waals surface area contributed by atoms with E-state index in [4.69, 9.17) is 0 Å². The molecule has 0 unspecified atom stereocenters. The largest absolute Gasteiger partial charge is 0.416 e. The van der Waals surface area contributed by atoms with Crippen molar-refractivity contribution >= 4 is 10.0 Å². The van der Waals surface area contributed by atoms with E-state index in [-0.39, 0.29) is 4.90 Å². The van der Waals surface area contributed by atoms with Gasteiger partial charge in [-0.2, -0.15) is 17.5 Å². The fourth-order valence-corrected chi connectivity index (χ4v) is 4.86. The van der Waals surface area contributed by atoms with Gasteiger partial charge in [0.05, 0.1) is 10.5 Å². The molecule has 1 aliphatic rings. The molecule has 2 rings (SSSR count). The number of benzene rings is 1. The second-order valence-electron chi connectivity index (χ2n) is 7.12. The van der Waals surface area contributed by atoms with Crippen molar-refractivity contribution in [2.75, 3.05) is 26.2 Å². The monoisotopic (exact) mass is 406 g/mol. The molecule has 1 aromatic rings. The highest BCUT2D eigenvalue weighted by Crippen LogP contribution is 2.31. The molecule has 0 saturated carbocycles. The Labute approximate surface area is 160 Å². The second kappa shape index (κ2) is 9.89. The van der Waals surface area contributed by atoms with E-state index in [0.29, 0.717) is 19.0 Å². The van der Waals surface area contributed by atoms with Crippen molar-refractivity contribution < 1.29 is 21.6 Å². The highest BCUT2D eigenvalue weighted by molar-refractivity contribution is 7.89. The number of alkyl halides is 3. The topological polar surface area (TPSA) is 49.4 Å². The lowest BCUT2D eigenvalue weighted by Crippen LogP contribution is -2.38. The summed E-state index contributed by atoms with van der Waals surface area (Å²) in [5.74, 6) is 0.523. The van der Waals surface area contributed by atoms with Gasteiger partial charge in [-0.05, 0) is 69.0 Å². The van der Waals surface area contributed by atoms with Crippen molar-refractivity contribution in [1.82, 2.24) is 9.62 Å². The number of hydrogen-bond acceptors (Lipinski definition) is 3. The second-order valence-corrected chi connectivity index (χ2v) is 9.05. The fourth-order valence-electron chi connectivity index (χ4n) is 3.39. The molecule has 0 bridgehead atoms. The van der Waals surface area contributed by atoms with Gasteiger partial charge < -0.3 is 5.32 Å². The number of nitrogens with zero attached hydrogens (tertiary/aromatic N) is 1. The maximum absolute atomic E-state index is 12.7. The Bertz CT molecular complexity index is 667. The van der Waals surface area contributed by atoms with E-state index in [2.05, 4.69) is 12.2 Å². The lowest BCUT2D eigenvalue weighted by molar-refractivity contribution is -0.137. The number of halogens is 3. The molecular formula is C19H29F3N2O2S.